The Hall–Kier alpha value is -3.45. The maximum absolute atomic E-state index is 12.2. The van der Waals surface area contributed by atoms with Gasteiger partial charge in [0.15, 0.2) is 0 Å². The number of nitrogens with one attached hydrogen (secondary N) is 3. The van der Waals surface area contributed by atoms with Crippen molar-refractivity contribution in [2.45, 2.75) is 6.92 Å². The lowest BCUT2D eigenvalue weighted by Gasteiger charge is -2.08. The van der Waals surface area contributed by atoms with E-state index in [2.05, 4.69) is 25.9 Å². The number of benzene rings is 2. The van der Waals surface area contributed by atoms with Crippen LogP contribution in [0.2, 0.25) is 5.02 Å². The molecule has 0 bridgehead atoms. The van der Waals surface area contributed by atoms with Crippen LogP contribution in [0.4, 0.5) is 23.0 Å². The Morgan fingerprint density at radius 2 is 1.33 bits per heavy atom. The molecule has 0 fully saturated rings. The summed E-state index contributed by atoms with van der Waals surface area (Å²) in [6.45, 7) is 1.45. The van der Waals surface area contributed by atoms with Gasteiger partial charge in [0.2, 0.25) is 11.9 Å². The summed E-state index contributed by atoms with van der Waals surface area (Å²) in [6.07, 6.45) is 2.87. The van der Waals surface area contributed by atoms with Crippen LogP contribution in [-0.4, -0.2) is 21.8 Å². The number of hydrogen-bond donors (Lipinski definition) is 3. The first-order chi connectivity index (χ1) is 13.0. The summed E-state index contributed by atoms with van der Waals surface area (Å²) in [5.74, 6) is -0.0969. The summed E-state index contributed by atoms with van der Waals surface area (Å²) in [5.41, 5.74) is 2.41. The molecule has 2 aromatic carbocycles. The minimum atomic E-state index is -0.316. The molecule has 0 radical (unpaired) electrons. The van der Waals surface area contributed by atoms with Gasteiger partial charge in [0.1, 0.15) is 0 Å². The van der Waals surface area contributed by atoms with Crippen molar-refractivity contribution in [1.82, 2.24) is 9.97 Å². The summed E-state index contributed by atoms with van der Waals surface area (Å²) in [7, 11) is 0. The lowest BCUT2D eigenvalue weighted by Crippen LogP contribution is -2.13. The average Bonchev–Trinajstić information content (AvgIpc) is 2.65. The highest BCUT2D eigenvalue weighted by Crippen LogP contribution is 2.17. The third-order valence-corrected chi connectivity index (χ3v) is 3.73. The molecule has 7 nitrogen and oxygen atoms in total. The minimum Gasteiger partial charge on any atom is -0.326 e. The highest BCUT2D eigenvalue weighted by Gasteiger charge is 2.08. The largest absolute Gasteiger partial charge is 0.326 e. The molecule has 8 heteroatoms. The molecule has 1 aromatic heterocycles. The number of aromatic nitrogens is 2. The van der Waals surface area contributed by atoms with Crippen LogP contribution in [0, 0.1) is 0 Å². The second-order valence-electron chi connectivity index (χ2n) is 5.64. The van der Waals surface area contributed by atoms with Gasteiger partial charge in [0, 0.05) is 41.4 Å². The lowest BCUT2D eigenvalue weighted by molar-refractivity contribution is -0.114. The Labute approximate surface area is 160 Å². The molecule has 0 aliphatic carbocycles. The van der Waals surface area contributed by atoms with Crippen molar-refractivity contribution in [3.63, 3.8) is 0 Å². The molecule has 3 aromatic rings. The topological polar surface area (TPSA) is 96.0 Å². The number of carbonyl (C=O) groups excluding carboxylic acids is 2. The quantitative estimate of drug-likeness (QED) is 0.618. The van der Waals surface area contributed by atoms with Crippen molar-refractivity contribution in [2.24, 2.45) is 0 Å². The Kier molecular flexibility index (Phi) is 5.63. The van der Waals surface area contributed by atoms with Crippen LogP contribution in [0.5, 0.6) is 0 Å². The molecule has 3 N–H and O–H groups in total. The third kappa shape index (κ3) is 5.26. The van der Waals surface area contributed by atoms with Crippen LogP contribution in [0.15, 0.2) is 60.9 Å². The molecule has 27 heavy (non-hydrogen) atoms. The number of anilines is 4. The molecule has 0 saturated heterocycles. The van der Waals surface area contributed by atoms with E-state index >= 15 is 0 Å². The second-order valence-corrected chi connectivity index (χ2v) is 6.08. The van der Waals surface area contributed by atoms with Crippen molar-refractivity contribution in [2.75, 3.05) is 16.0 Å². The molecule has 0 spiro atoms. The zero-order chi connectivity index (χ0) is 19.2. The third-order valence-electron chi connectivity index (χ3n) is 3.48. The second kappa shape index (κ2) is 8.29. The number of rotatable bonds is 5. The van der Waals surface area contributed by atoms with E-state index in [1.807, 2.05) is 0 Å². The van der Waals surface area contributed by atoms with Gasteiger partial charge < -0.3 is 16.0 Å². The van der Waals surface area contributed by atoms with Gasteiger partial charge in [0.25, 0.3) is 5.91 Å². The SMILES string of the molecule is CC(=O)Nc1ccc(Nc2ncc(C(=O)Nc3ccc(Cl)cc3)cn2)cc1. The van der Waals surface area contributed by atoms with Crippen molar-refractivity contribution in [3.05, 3.63) is 71.5 Å². The van der Waals surface area contributed by atoms with E-state index in [4.69, 9.17) is 11.6 Å². The highest BCUT2D eigenvalue weighted by molar-refractivity contribution is 6.30. The van der Waals surface area contributed by atoms with E-state index < -0.39 is 0 Å². The van der Waals surface area contributed by atoms with E-state index in [1.54, 1.807) is 48.5 Å². The van der Waals surface area contributed by atoms with Crippen LogP contribution in [-0.2, 0) is 4.79 Å². The molecule has 0 aliphatic rings. The monoisotopic (exact) mass is 381 g/mol. The van der Waals surface area contributed by atoms with E-state index in [1.165, 1.54) is 19.3 Å². The number of nitrogens with zero attached hydrogens (tertiary/aromatic N) is 2. The molecule has 2 amide bonds. The first kappa shape index (κ1) is 18.3. The maximum atomic E-state index is 12.2. The highest BCUT2D eigenvalue weighted by atomic mass is 35.5. The predicted octanol–water partition coefficient (Wildman–Crippen LogP) is 4.08. The van der Waals surface area contributed by atoms with Gasteiger partial charge in [-0.1, -0.05) is 11.6 Å². The number of halogens is 1. The summed E-state index contributed by atoms with van der Waals surface area (Å²) < 4.78 is 0. The standard InChI is InChI=1S/C19H16ClN5O2/c1-12(26)23-15-6-8-17(9-7-15)25-19-21-10-13(11-22-19)18(27)24-16-4-2-14(20)3-5-16/h2-11H,1H3,(H,23,26)(H,24,27)(H,21,22,25). The van der Waals surface area contributed by atoms with E-state index in [0.29, 0.717) is 27.9 Å². The fourth-order valence-electron chi connectivity index (χ4n) is 2.22. The van der Waals surface area contributed by atoms with Crippen LogP contribution < -0.4 is 16.0 Å². The molecule has 0 atom stereocenters. The summed E-state index contributed by atoms with van der Waals surface area (Å²) in [5, 5.41) is 9.05. The van der Waals surface area contributed by atoms with Gasteiger partial charge in [-0.05, 0) is 48.5 Å². The van der Waals surface area contributed by atoms with Crippen molar-refractivity contribution in [3.8, 4) is 0 Å². The Morgan fingerprint density at radius 1 is 0.815 bits per heavy atom. The number of amides is 2. The molecular formula is C19H16ClN5O2. The Balaban J connectivity index is 1.61. The predicted molar refractivity (Wildman–Crippen MR) is 105 cm³/mol. The van der Waals surface area contributed by atoms with Crippen LogP contribution in [0.25, 0.3) is 0 Å². The summed E-state index contributed by atoms with van der Waals surface area (Å²) in [4.78, 5) is 31.5. The first-order valence-electron chi connectivity index (χ1n) is 8.03. The Morgan fingerprint density at radius 3 is 1.93 bits per heavy atom. The van der Waals surface area contributed by atoms with Gasteiger partial charge in [-0.15, -0.1) is 0 Å². The fraction of sp³-hybridized carbons (Fsp3) is 0.0526. The van der Waals surface area contributed by atoms with E-state index in [9.17, 15) is 9.59 Å². The zero-order valence-electron chi connectivity index (χ0n) is 14.4. The van der Waals surface area contributed by atoms with Crippen LogP contribution >= 0.6 is 11.6 Å². The molecule has 136 valence electrons. The molecule has 1 heterocycles. The normalized spacial score (nSPS) is 10.1. The Bertz CT molecular complexity index is 941. The van der Waals surface area contributed by atoms with Gasteiger partial charge in [-0.25, -0.2) is 9.97 Å². The number of hydrogen-bond acceptors (Lipinski definition) is 5. The summed E-state index contributed by atoms with van der Waals surface area (Å²) >= 11 is 5.82. The zero-order valence-corrected chi connectivity index (χ0v) is 15.1. The molecule has 0 saturated carbocycles. The van der Waals surface area contributed by atoms with Gasteiger partial charge in [-0.2, -0.15) is 0 Å². The van der Waals surface area contributed by atoms with Crippen molar-refractivity contribution in [1.29, 1.82) is 0 Å². The lowest BCUT2D eigenvalue weighted by atomic mass is 10.2. The molecule has 3 rings (SSSR count). The molecule has 0 unspecified atom stereocenters. The van der Waals surface area contributed by atoms with Gasteiger partial charge in [0.05, 0.1) is 5.56 Å². The molecular weight excluding hydrogens is 366 g/mol. The van der Waals surface area contributed by atoms with Gasteiger partial charge in [-0.3, -0.25) is 9.59 Å². The van der Waals surface area contributed by atoms with Crippen molar-refractivity contribution >= 4 is 46.4 Å². The van der Waals surface area contributed by atoms with E-state index in [-0.39, 0.29) is 11.8 Å². The average molecular weight is 382 g/mol. The van der Waals surface area contributed by atoms with Crippen LogP contribution in [0.3, 0.4) is 0 Å². The summed E-state index contributed by atoms with van der Waals surface area (Å²) in [6, 6.07) is 13.9. The minimum absolute atomic E-state index is 0.133. The smallest absolute Gasteiger partial charge is 0.258 e. The maximum Gasteiger partial charge on any atom is 0.258 e. The first-order valence-corrected chi connectivity index (χ1v) is 8.41. The molecule has 0 aliphatic heterocycles. The van der Waals surface area contributed by atoms with Gasteiger partial charge >= 0.3 is 0 Å². The van der Waals surface area contributed by atoms with Crippen LogP contribution in [0.1, 0.15) is 17.3 Å². The van der Waals surface area contributed by atoms with Crippen molar-refractivity contribution < 1.29 is 9.59 Å². The number of carbonyl (C=O) groups is 2. The fourth-order valence-corrected chi connectivity index (χ4v) is 2.34. The van der Waals surface area contributed by atoms with E-state index in [0.717, 1.165) is 5.69 Å².